The monoisotopic (exact) mass is 427 g/mol. The molecule has 0 radical (unpaired) electrons. The molecule has 1 aromatic carbocycles. The lowest BCUT2D eigenvalue weighted by Gasteiger charge is -2.12. The second-order valence-corrected chi connectivity index (χ2v) is 6.60. The number of amides is 2. The largest absolute Gasteiger partial charge is 0.478 e. The topological polar surface area (TPSA) is 207 Å². The highest BCUT2D eigenvalue weighted by molar-refractivity contribution is 7.90. The molecule has 154 valence electrons. The maximum absolute atomic E-state index is 12.5. The van der Waals surface area contributed by atoms with Gasteiger partial charge in [0, 0.05) is 0 Å². The summed E-state index contributed by atoms with van der Waals surface area (Å²) in [5.41, 5.74) is -1.68. The van der Waals surface area contributed by atoms with Gasteiger partial charge in [-0.1, -0.05) is 6.07 Å². The number of aromatic nitrogens is 3. The van der Waals surface area contributed by atoms with Crippen molar-refractivity contribution in [2.24, 2.45) is 0 Å². The van der Waals surface area contributed by atoms with E-state index in [-0.39, 0.29) is 12.0 Å². The van der Waals surface area contributed by atoms with Gasteiger partial charge in [-0.05, 0) is 12.1 Å². The van der Waals surface area contributed by atoms with Crippen LogP contribution in [-0.4, -0.2) is 65.8 Å². The standard InChI is InChI=1S/C14H13N5O9S/c1-27-13-16-11(17-14(18-13)28-2)15-12(24)19-29(25,26)8-6(9(20)21)4-3-5-7(8)10(22)23/h3-5H,1-2H3,(H,20,21)(H,22,23)(H2,15,16,17,18,19,24). The number of sulfonamides is 1. The fourth-order valence-electron chi connectivity index (χ4n) is 2.04. The number of anilines is 1. The van der Waals surface area contributed by atoms with E-state index in [9.17, 15) is 33.0 Å². The number of aromatic carboxylic acids is 2. The molecule has 0 saturated heterocycles. The molecule has 0 aliphatic heterocycles. The first-order valence-corrected chi connectivity index (χ1v) is 8.84. The number of nitrogens with one attached hydrogen (secondary N) is 2. The van der Waals surface area contributed by atoms with Crippen LogP contribution >= 0.6 is 0 Å². The van der Waals surface area contributed by atoms with Crippen LogP contribution in [0.15, 0.2) is 23.1 Å². The normalized spacial score (nSPS) is 10.7. The summed E-state index contributed by atoms with van der Waals surface area (Å²) in [5.74, 6) is -3.87. The minimum atomic E-state index is -4.92. The molecule has 2 amide bonds. The molecule has 0 bridgehead atoms. The highest BCUT2D eigenvalue weighted by atomic mass is 32.2. The predicted molar refractivity (Wildman–Crippen MR) is 92.6 cm³/mol. The minimum absolute atomic E-state index is 0.251. The van der Waals surface area contributed by atoms with Crippen LogP contribution in [-0.2, 0) is 10.0 Å². The molecule has 2 aromatic rings. The Labute approximate surface area is 162 Å². The molecule has 4 N–H and O–H groups in total. The van der Waals surface area contributed by atoms with Crippen LogP contribution < -0.4 is 19.5 Å². The fraction of sp³-hybridized carbons (Fsp3) is 0.143. The number of methoxy groups -OCH3 is 2. The van der Waals surface area contributed by atoms with E-state index in [0.29, 0.717) is 0 Å². The van der Waals surface area contributed by atoms with E-state index in [4.69, 9.17) is 9.47 Å². The van der Waals surface area contributed by atoms with Gasteiger partial charge in [-0.3, -0.25) is 5.32 Å². The van der Waals surface area contributed by atoms with Gasteiger partial charge in [0.05, 0.1) is 25.3 Å². The van der Waals surface area contributed by atoms with Crippen LogP contribution in [0.25, 0.3) is 0 Å². The smallest absolute Gasteiger partial charge is 0.337 e. The zero-order valence-corrected chi connectivity index (χ0v) is 15.6. The second kappa shape index (κ2) is 8.34. The Morgan fingerprint density at radius 1 is 0.931 bits per heavy atom. The average Bonchev–Trinajstić information content (AvgIpc) is 2.66. The molecule has 14 nitrogen and oxygen atoms in total. The summed E-state index contributed by atoms with van der Waals surface area (Å²) < 4.78 is 36.1. The lowest BCUT2D eigenvalue weighted by atomic mass is 10.1. The third-order valence-corrected chi connectivity index (χ3v) is 4.59. The zero-order chi connectivity index (χ0) is 21.8. The first-order valence-electron chi connectivity index (χ1n) is 7.36. The quantitative estimate of drug-likeness (QED) is 0.453. The van der Waals surface area contributed by atoms with Gasteiger partial charge in [-0.15, -0.1) is 4.98 Å². The van der Waals surface area contributed by atoms with Crippen LogP contribution in [0, 0.1) is 0 Å². The van der Waals surface area contributed by atoms with E-state index >= 15 is 0 Å². The molecule has 0 unspecified atom stereocenters. The molecule has 0 saturated carbocycles. The fourth-order valence-corrected chi connectivity index (χ4v) is 3.33. The lowest BCUT2D eigenvalue weighted by Crippen LogP contribution is -2.36. The predicted octanol–water partition coefficient (Wildman–Crippen LogP) is -0.204. The first-order chi connectivity index (χ1) is 13.6. The molecular weight excluding hydrogens is 414 g/mol. The number of hydrogen-bond acceptors (Lipinski definition) is 10. The maximum Gasteiger partial charge on any atom is 0.337 e. The molecule has 1 aromatic heterocycles. The molecule has 15 heteroatoms. The van der Waals surface area contributed by atoms with Crippen molar-refractivity contribution >= 4 is 33.9 Å². The third kappa shape index (κ3) is 4.83. The summed E-state index contributed by atoms with van der Waals surface area (Å²) in [4.78, 5) is 44.6. The summed E-state index contributed by atoms with van der Waals surface area (Å²) in [6.45, 7) is 0. The minimum Gasteiger partial charge on any atom is -0.478 e. The van der Waals surface area contributed by atoms with Gasteiger partial charge in [0.25, 0.3) is 10.0 Å². The molecule has 2 rings (SSSR count). The van der Waals surface area contributed by atoms with E-state index in [0.717, 1.165) is 18.2 Å². The third-order valence-electron chi connectivity index (χ3n) is 3.16. The zero-order valence-electron chi connectivity index (χ0n) is 14.7. The molecule has 0 aliphatic rings. The van der Waals surface area contributed by atoms with Gasteiger partial charge >= 0.3 is 30.0 Å². The summed E-state index contributed by atoms with van der Waals surface area (Å²) in [6.07, 6.45) is 0. The number of rotatable bonds is 7. The van der Waals surface area contributed by atoms with E-state index in [2.05, 4.69) is 15.0 Å². The van der Waals surface area contributed by atoms with Gasteiger partial charge in [-0.25, -0.2) is 27.5 Å². The number of ether oxygens (including phenoxy) is 2. The van der Waals surface area contributed by atoms with Crippen LogP contribution in [0.5, 0.6) is 12.0 Å². The number of hydrogen-bond donors (Lipinski definition) is 4. The van der Waals surface area contributed by atoms with E-state index in [1.165, 1.54) is 18.9 Å². The maximum atomic E-state index is 12.5. The SMILES string of the molecule is COc1nc(NC(=O)NS(=O)(=O)c2c(C(=O)O)cccc2C(=O)O)nc(OC)n1. The van der Waals surface area contributed by atoms with Crippen molar-refractivity contribution in [3.8, 4) is 12.0 Å². The summed E-state index contributed by atoms with van der Waals surface area (Å²) in [6, 6.07) is 0.900. The highest BCUT2D eigenvalue weighted by Gasteiger charge is 2.30. The average molecular weight is 427 g/mol. The van der Waals surface area contributed by atoms with Crippen LogP contribution in [0.4, 0.5) is 10.7 Å². The van der Waals surface area contributed by atoms with E-state index < -0.39 is 50.0 Å². The lowest BCUT2D eigenvalue weighted by molar-refractivity contribution is 0.0689. The van der Waals surface area contributed by atoms with Crippen molar-refractivity contribution in [3.05, 3.63) is 29.3 Å². The van der Waals surface area contributed by atoms with Gasteiger partial charge in [-0.2, -0.15) is 9.97 Å². The molecule has 29 heavy (non-hydrogen) atoms. The number of carbonyl (C=O) groups excluding carboxylic acids is 1. The number of benzene rings is 1. The van der Waals surface area contributed by atoms with Gasteiger partial charge in [0.2, 0.25) is 5.95 Å². The number of nitrogens with zero attached hydrogens (tertiary/aromatic N) is 3. The Kier molecular flexibility index (Phi) is 6.12. The molecule has 0 fully saturated rings. The first kappa shape index (κ1) is 21.3. The van der Waals surface area contributed by atoms with E-state index in [1.54, 1.807) is 0 Å². The van der Waals surface area contributed by atoms with Gasteiger partial charge < -0.3 is 19.7 Å². The van der Waals surface area contributed by atoms with Crippen molar-refractivity contribution in [2.45, 2.75) is 4.90 Å². The Balaban J connectivity index is 2.39. The molecule has 1 heterocycles. The van der Waals surface area contributed by atoms with Crippen LogP contribution in [0.2, 0.25) is 0 Å². The van der Waals surface area contributed by atoms with Gasteiger partial charge in [0.15, 0.2) is 0 Å². The van der Waals surface area contributed by atoms with Crippen LogP contribution in [0.1, 0.15) is 20.7 Å². The van der Waals surface area contributed by atoms with Crippen molar-refractivity contribution in [2.75, 3.05) is 19.5 Å². The number of carboxylic acid groups (broad SMARTS) is 2. The molecular formula is C14H13N5O9S. The highest BCUT2D eigenvalue weighted by Crippen LogP contribution is 2.21. The van der Waals surface area contributed by atoms with Crippen molar-refractivity contribution in [1.29, 1.82) is 0 Å². The van der Waals surface area contributed by atoms with Gasteiger partial charge in [0.1, 0.15) is 4.90 Å². The van der Waals surface area contributed by atoms with Crippen molar-refractivity contribution < 1.29 is 42.5 Å². The summed E-state index contributed by atoms with van der Waals surface area (Å²) in [7, 11) is -2.48. The summed E-state index contributed by atoms with van der Waals surface area (Å²) >= 11 is 0. The van der Waals surface area contributed by atoms with Crippen molar-refractivity contribution in [3.63, 3.8) is 0 Å². The Bertz CT molecular complexity index is 1030. The number of carboxylic acids is 2. The molecule has 0 aliphatic carbocycles. The number of urea groups is 1. The van der Waals surface area contributed by atoms with Crippen LogP contribution in [0.3, 0.4) is 0 Å². The Hall–Kier alpha value is -4.01. The molecule has 0 spiro atoms. The Morgan fingerprint density at radius 2 is 1.41 bits per heavy atom. The second-order valence-electron chi connectivity index (χ2n) is 4.98. The van der Waals surface area contributed by atoms with E-state index in [1.807, 2.05) is 5.32 Å². The summed E-state index contributed by atoms with van der Waals surface area (Å²) in [5, 5.41) is 20.3. The molecule has 0 atom stereocenters. The van der Waals surface area contributed by atoms with Crippen molar-refractivity contribution in [1.82, 2.24) is 19.7 Å². The number of carbonyl (C=O) groups is 3. The Morgan fingerprint density at radius 3 is 1.83 bits per heavy atom.